The molecule has 22 heavy (non-hydrogen) atoms. The first-order valence-corrected chi connectivity index (χ1v) is 7.40. The molecule has 7 heteroatoms. The number of hydrogen-bond acceptors (Lipinski definition) is 5. The molecular formula is C15H19N5O2. The highest BCUT2D eigenvalue weighted by Gasteiger charge is 2.23. The molecule has 1 aliphatic carbocycles. The Balaban J connectivity index is 1.64. The van der Waals surface area contributed by atoms with Crippen LogP contribution in [0.15, 0.2) is 31.1 Å². The Bertz CT molecular complexity index is 621. The van der Waals surface area contributed by atoms with Gasteiger partial charge >= 0.3 is 0 Å². The van der Waals surface area contributed by atoms with E-state index in [0.29, 0.717) is 17.6 Å². The van der Waals surface area contributed by atoms with Crippen molar-refractivity contribution in [1.82, 2.24) is 24.8 Å². The van der Waals surface area contributed by atoms with Gasteiger partial charge in [-0.15, -0.1) is 0 Å². The summed E-state index contributed by atoms with van der Waals surface area (Å²) < 4.78 is 7.06. The Morgan fingerprint density at radius 3 is 2.77 bits per heavy atom. The van der Waals surface area contributed by atoms with Crippen molar-refractivity contribution in [2.75, 3.05) is 7.11 Å². The molecule has 7 nitrogen and oxygen atoms in total. The SMILES string of the molecule is CO[C@H]1CC[C@H](NC(=O)c2cncc(-n3ccnc3)n2)CC1. The Morgan fingerprint density at radius 1 is 1.27 bits per heavy atom. The molecule has 0 saturated heterocycles. The molecule has 2 heterocycles. The van der Waals surface area contributed by atoms with Gasteiger partial charge in [-0.25, -0.2) is 9.97 Å². The van der Waals surface area contributed by atoms with Crippen molar-refractivity contribution in [2.45, 2.75) is 37.8 Å². The molecule has 0 aliphatic heterocycles. The summed E-state index contributed by atoms with van der Waals surface area (Å²) in [5.41, 5.74) is 0.320. The smallest absolute Gasteiger partial charge is 0.271 e. The molecule has 0 unspecified atom stereocenters. The average molecular weight is 301 g/mol. The summed E-state index contributed by atoms with van der Waals surface area (Å²) in [6, 6.07) is 0.178. The third-order valence-electron chi connectivity index (χ3n) is 3.97. The van der Waals surface area contributed by atoms with Gasteiger partial charge in [0.2, 0.25) is 0 Å². The van der Waals surface area contributed by atoms with Gasteiger partial charge in [0, 0.05) is 25.5 Å². The lowest BCUT2D eigenvalue weighted by molar-refractivity contribution is 0.0598. The van der Waals surface area contributed by atoms with Gasteiger partial charge in [-0.2, -0.15) is 0 Å². The highest BCUT2D eigenvalue weighted by Crippen LogP contribution is 2.20. The summed E-state index contributed by atoms with van der Waals surface area (Å²) in [5, 5.41) is 3.03. The first-order chi connectivity index (χ1) is 10.8. The second-order valence-electron chi connectivity index (χ2n) is 5.42. The summed E-state index contributed by atoms with van der Waals surface area (Å²) in [7, 11) is 1.74. The highest BCUT2D eigenvalue weighted by molar-refractivity contribution is 5.92. The van der Waals surface area contributed by atoms with E-state index in [0.717, 1.165) is 25.7 Å². The highest BCUT2D eigenvalue weighted by atomic mass is 16.5. The van der Waals surface area contributed by atoms with Gasteiger partial charge in [0.15, 0.2) is 5.82 Å². The second kappa shape index (κ2) is 6.65. The van der Waals surface area contributed by atoms with Crippen molar-refractivity contribution in [1.29, 1.82) is 0 Å². The lowest BCUT2D eigenvalue weighted by Crippen LogP contribution is -2.39. The number of aromatic nitrogens is 4. The van der Waals surface area contributed by atoms with E-state index in [1.807, 2.05) is 0 Å². The molecule has 1 N–H and O–H groups in total. The molecule has 0 radical (unpaired) electrons. The standard InChI is InChI=1S/C15H19N5O2/c1-22-12-4-2-11(3-5-12)18-15(21)13-8-17-9-14(19-13)20-7-6-16-10-20/h6-12H,2-5H2,1H3,(H,18,21)/t11-,12-. The fourth-order valence-corrected chi connectivity index (χ4v) is 2.69. The van der Waals surface area contributed by atoms with Gasteiger partial charge in [-0.1, -0.05) is 0 Å². The van der Waals surface area contributed by atoms with Gasteiger partial charge in [0.1, 0.15) is 12.0 Å². The van der Waals surface area contributed by atoms with Crippen molar-refractivity contribution < 1.29 is 9.53 Å². The predicted molar refractivity (Wildman–Crippen MR) is 79.7 cm³/mol. The van der Waals surface area contributed by atoms with Gasteiger partial charge in [0.25, 0.3) is 5.91 Å². The summed E-state index contributed by atoms with van der Waals surface area (Å²) in [6.07, 6.45) is 12.2. The predicted octanol–water partition coefficient (Wildman–Crippen LogP) is 1.35. The molecule has 1 saturated carbocycles. The molecule has 116 valence electrons. The normalized spacial score (nSPS) is 21.5. The average Bonchev–Trinajstić information content (AvgIpc) is 3.10. The molecule has 3 rings (SSSR count). The molecule has 2 aromatic heterocycles. The van der Waals surface area contributed by atoms with E-state index in [4.69, 9.17) is 4.74 Å². The van der Waals surface area contributed by atoms with Gasteiger partial charge < -0.3 is 10.1 Å². The first kappa shape index (κ1) is 14.6. The lowest BCUT2D eigenvalue weighted by Gasteiger charge is -2.28. The molecule has 2 aromatic rings. The molecular weight excluding hydrogens is 282 g/mol. The molecule has 0 atom stereocenters. The Labute approximate surface area is 128 Å². The minimum absolute atomic E-state index is 0.178. The minimum Gasteiger partial charge on any atom is -0.381 e. The van der Waals surface area contributed by atoms with Crippen LogP contribution in [0.5, 0.6) is 0 Å². The third-order valence-corrected chi connectivity index (χ3v) is 3.97. The van der Waals surface area contributed by atoms with E-state index in [-0.39, 0.29) is 11.9 Å². The largest absolute Gasteiger partial charge is 0.381 e. The van der Waals surface area contributed by atoms with Crippen molar-refractivity contribution in [3.05, 3.63) is 36.8 Å². The van der Waals surface area contributed by atoms with Crippen molar-refractivity contribution >= 4 is 5.91 Å². The van der Waals surface area contributed by atoms with Crippen molar-refractivity contribution in [2.24, 2.45) is 0 Å². The van der Waals surface area contributed by atoms with Crippen LogP contribution in [0.2, 0.25) is 0 Å². The zero-order valence-electron chi connectivity index (χ0n) is 12.5. The van der Waals surface area contributed by atoms with Gasteiger partial charge in [-0.05, 0) is 25.7 Å². The monoisotopic (exact) mass is 301 g/mol. The van der Waals surface area contributed by atoms with Crippen molar-refractivity contribution in [3.63, 3.8) is 0 Å². The van der Waals surface area contributed by atoms with E-state index in [2.05, 4.69) is 20.3 Å². The maximum Gasteiger partial charge on any atom is 0.271 e. The maximum absolute atomic E-state index is 12.3. The molecule has 1 aliphatic rings. The van der Waals surface area contributed by atoms with Crippen LogP contribution in [-0.4, -0.2) is 44.7 Å². The van der Waals surface area contributed by atoms with E-state index < -0.39 is 0 Å². The topological polar surface area (TPSA) is 81.9 Å². The molecule has 0 spiro atoms. The quantitative estimate of drug-likeness (QED) is 0.922. The number of nitrogens with zero attached hydrogens (tertiary/aromatic N) is 4. The zero-order valence-corrected chi connectivity index (χ0v) is 12.5. The minimum atomic E-state index is -0.185. The third kappa shape index (κ3) is 3.30. The van der Waals surface area contributed by atoms with Crippen LogP contribution in [0.25, 0.3) is 5.82 Å². The van der Waals surface area contributed by atoms with Crippen molar-refractivity contribution in [3.8, 4) is 5.82 Å². The van der Waals surface area contributed by atoms with Crippen LogP contribution in [0.1, 0.15) is 36.2 Å². The first-order valence-electron chi connectivity index (χ1n) is 7.40. The van der Waals surface area contributed by atoms with Crippen LogP contribution in [0, 0.1) is 0 Å². The van der Waals surface area contributed by atoms with Crippen LogP contribution in [0.4, 0.5) is 0 Å². The van der Waals surface area contributed by atoms with Crippen LogP contribution in [-0.2, 0) is 4.74 Å². The van der Waals surface area contributed by atoms with Crippen LogP contribution >= 0.6 is 0 Å². The summed E-state index contributed by atoms with van der Waals surface area (Å²) in [5.74, 6) is 0.392. The maximum atomic E-state index is 12.3. The van der Waals surface area contributed by atoms with Gasteiger partial charge in [-0.3, -0.25) is 14.3 Å². The van der Waals surface area contributed by atoms with Crippen LogP contribution < -0.4 is 5.32 Å². The summed E-state index contributed by atoms with van der Waals surface area (Å²) in [6.45, 7) is 0. The lowest BCUT2D eigenvalue weighted by atomic mass is 9.93. The van der Waals surface area contributed by atoms with E-state index in [1.54, 1.807) is 36.6 Å². The second-order valence-corrected chi connectivity index (χ2v) is 5.42. The Kier molecular flexibility index (Phi) is 4.43. The number of hydrogen-bond donors (Lipinski definition) is 1. The number of carbonyl (C=O) groups is 1. The molecule has 1 fully saturated rings. The number of nitrogens with one attached hydrogen (secondary N) is 1. The number of amides is 1. The van der Waals surface area contributed by atoms with E-state index in [9.17, 15) is 4.79 Å². The Morgan fingerprint density at radius 2 is 2.09 bits per heavy atom. The fourth-order valence-electron chi connectivity index (χ4n) is 2.69. The Hall–Kier alpha value is -2.28. The number of imidazole rings is 1. The zero-order chi connectivity index (χ0) is 15.4. The number of carbonyl (C=O) groups excluding carboxylic acids is 1. The van der Waals surface area contributed by atoms with Gasteiger partial charge in [0.05, 0.1) is 18.5 Å². The molecule has 0 bridgehead atoms. The van der Waals surface area contributed by atoms with E-state index in [1.165, 1.54) is 6.20 Å². The number of methoxy groups -OCH3 is 1. The molecule has 0 aromatic carbocycles. The van der Waals surface area contributed by atoms with Crippen LogP contribution in [0.3, 0.4) is 0 Å². The summed E-state index contributed by atoms with van der Waals surface area (Å²) >= 11 is 0. The fraction of sp³-hybridized carbons (Fsp3) is 0.467. The summed E-state index contributed by atoms with van der Waals surface area (Å²) in [4.78, 5) is 24.7. The van der Waals surface area contributed by atoms with E-state index >= 15 is 0 Å². The molecule has 1 amide bonds. The number of ether oxygens (including phenoxy) is 1. The number of rotatable bonds is 4.